The lowest BCUT2D eigenvalue weighted by Crippen LogP contribution is -2.89. The summed E-state index contributed by atoms with van der Waals surface area (Å²) in [5.41, 5.74) is 0.972. The molecule has 0 atom stereocenters. The minimum atomic E-state index is 0.590. The van der Waals surface area contributed by atoms with Crippen LogP contribution in [-0.2, 0) is 4.74 Å². The van der Waals surface area contributed by atoms with Crippen LogP contribution in [0.25, 0.3) is 0 Å². The number of piperazine rings is 1. The van der Waals surface area contributed by atoms with E-state index in [4.69, 9.17) is 9.72 Å². The summed E-state index contributed by atoms with van der Waals surface area (Å²) in [5, 5.41) is 5.63. The molecule has 3 N–H and O–H groups in total. The molecule has 2 fully saturated rings. The number of rotatable bonds is 4. The number of benzene rings is 1. The van der Waals surface area contributed by atoms with E-state index in [9.17, 15) is 0 Å². The molecule has 2 aliphatic rings. The number of quaternary nitrogens is 1. The number of nitrogens with two attached hydrogens (primary N) is 1. The van der Waals surface area contributed by atoms with Crippen molar-refractivity contribution in [3.63, 3.8) is 0 Å². The monoisotopic (exact) mass is 342 g/mol. The van der Waals surface area contributed by atoms with Crippen LogP contribution in [0.3, 0.4) is 0 Å². The first-order chi connectivity index (χ1) is 12.4. The maximum absolute atomic E-state index is 5.45. The van der Waals surface area contributed by atoms with Crippen LogP contribution in [-0.4, -0.2) is 67.4 Å². The number of nitrogens with one attached hydrogen (secondary N) is 1. The van der Waals surface area contributed by atoms with Gasteiger partial charge in [0.05, 0.1) is 39.4 Å². The van der Waals surface area contributed by atoms with Crippen LogP contribution in [0.15, 0.2) is 30.3 Å². The Balaban J connectivity index is 1.64. The predicted octanol–water partition coefficient (Wildman–Crippen LogP) is -0.165. The molecule has 25 heavy (non-hydrogen) atoms. The van der Waals surface area contributed by atoms with E-state index in [1.165, 1.54) is 0 Å². The third-order valence-corrected chi connectivity index (χ3v) is 4.42. The maximum atomic E-state index is 5.45. The topological polar surface area (TPSA) is 83.0 Å². The standard InChI is InChI=1S/C17H23N7O/c1-2-4-14(5-3-1)19-15-20-16(23-8-6-18-7-9-23)22-17(21-15)24-10-12-25-13-11-24/h1-5,18H,6-13H2,(H,19,20,21,22)/p+1. The highest BCUT2D eigenvalue weighted by Crippen LogP contribution is 2.20. The zero-order valence-corrected chi connectivity index (χ0v) is 14.3. The van der Waals surface area contributed by atoms with Gasteiger partial charge in [0.1, 0.15) is 0 Å². The van der Waals surface area contributed by atoms with E-state index in [0.717, 1.165) is 56.9 Å². The van der Waals surface area contributed by atoms with Crippen molar-refractivity contribution < 1.29 is 10.1 Å². The first-order valence-electron chi connectivity index (χ1n) is 8.86. The molecule has 1 aromatic carbocycles. The highest BCUT2D eigenvalue weighted by molar-refractivity contribution is 5.56. The van der Waals surface area contributed by atoms with Crippen molar-refractivity contribution in [1.29, 1.82) is 0 Å². The molecule has 0 amide bonds. The molecule has 0 unspecified atom stereocenters. The molecule has 0 radical (unpaired) electrons. The molecule has 4 rings (SSSR count). The van der Waals surface area contributed by atoms with Gasteiger partial charge < -0.3 is 25.2 Å². The van der Waals surface area contributed by atoms with Gasteiger partial charge in [-0.1, -0.05) is 18.2 Å². The second-order valence-electron chi connectivity index (χ2n) is 6.20. The molecule has 2 aliphatic heterocycles. The van der Waals surface area contributed by atoms with Crippen molar-refractivity contribution in [2.24, 2.45) is 0 Å². The largest absolute Gasteiger partial charge is 0.378 e. The normalized spacial score (nSPS) is 18.2. The molecule has 0 bridgehead atoms. The average Bonchev–Trinajstić information content (AvgIpc) is 2.70. The fraction of sp³-hybridized carbons (Fsp3) is 0.471. The summed E-state index contributed by atoms with van der Waals surface area (Å²) < 4.78 is 5.45. The lowest BCUT2D eigenvalue weighted by atomic mass is 10.3. The van der Waals surface area contributed by atoms with Crippen LogP contribution in [0.5, 0.6) is 0 Å². The third-order valence-electron chi connectivity index (χ3n) is 4.42. The Kier molecular flexibility index (Phi) is 4.89. The van der Waals surface area contributed by atoms with Gasteiger partial charge in [0.2, 0.25) is 17.8 Å². The van der Waals surface area contributed by atoms with Gasteiger partial charge in [-0.05, 0) is 12.1 Å². The Morgan fingerprint density at radius 1 is 0.840 bits per heavy atom. The van der Waals surface area contributed by atoms with E-state index in [1.807, 2.05) is 30.3 Å². The minimum absolute atomic E-state index is 0.590. The van der Waals surface area contributed by atoms with Gasteiger partial charge in [0, 0.05) is 18.8 Å². The summed E-state index contributed by atoms with van der Waals surface area (Å²) in [5.74, 6) is 2.07. The molecular formula is C17H24N7O+. The van der Waals surface area contributed by atoms with E-state index in [-0.39, 0.29) is 0 Å². The fourth-order valence-corrected chi connectivity index (χ4v) is 3.06. The van der Waals surface area contributed by atoms with Crippen molar-refractivity contribution in [3.8, 4) is 0 Å². The van der Waals surface area contributed by atoms with Crippen molar-refractivity contribution in [2.75, 3.05) is 67.6 Å². The summed E-state index contributed by atoms with van der Waals surface area (Å²) in [4.78, 5) is 18.5. The number of anilines is 4. The summed E-state index contributed by atoms with van der Waals surface area (Å²) in [7, 11) is 0. The number of morpholine rings is 1. The number of para-hydroxylation sites is 1. The summed E-state index contributed by atoms with van der Waals surface area (Å²) in [6, 6.07) is 10.00. The molecule has 3 heterocycles. The molecule has 0 saturated carbocycles. The number of hydrogen-bond acceptors (Lipinski definition) is 7. The lowest BCUT2D eigenvalue weighted by Gasteiger charge is -2.29. The fourth-order valence-electron chi connectivity index (χ4n) is 3.06. The van der Waals surface area contributed by atoms with Crippen molar-refractivity contribution in [2.45, 2.75) is 0 Å². The van der Waals surface area contributed by atoms with Crippen LogP contribution in [0.1, 0.15) is 0 Å². The first kappa shape index (κ1) is 16.0. The van der Waals surface area contributed by atoms with Gasteiger partial charge in [-0.25, -0.2) is 0 Å². The Bertz CT molecular complexity index is 648. The predicted molar refractivity (Wildman–Crippen MR) is 96.5 cm³/mol. The molecule has 2 aromatic rings. The second-order valence-corrected chi connectivity index (χ2v) is 6.20. The second kappa shape index (κ2) is 7.62. The van der Waals surface area contributed by atoms with E-state index in [2.05, 4.69) is 30.4 Å². The average molecular weight is 342 g/mol. The van der Waals surface area contributed by atoms with E-state index in [1.54, 1.807) is 0 Å². The number of hydrogen-bond donors (Lipinski definition) is 2. The van der Waals surface area contributed by atoms with Crippen LogP contribution in [0, 0.1) is 0 Å². The summed E-state index contributed by atoms with van der Waals surface area (Å²) in [6.07, 6.45) is 0. The van der Waals surface area contributed by atoms with Crippen LogP contribution < -0.4 is 20.4 Å². The Hall–Kier alpha value is -2.45. The van der Waals surface area contributed by atoms with Crippen LogP contribution in [0.2, 0.25) is 0 Å². The van der Waals surface area contributed by atoms with Crippen molar-refractivity contribution in [3.05, 3.63) is 30.3 Å². The van der Waals surface area contributed by atoms with Gasteiger partial charge in [-0.2, -0.15) is 15.0 Å². The van der Waals surface area contributed by atoms with Crippen molar-refractivity contribution in [1.82, 2.24) is 15.0 Å². The SMILES string of the molecule is c1ccc(Nc2nc(N3CC[NH2+]CC3)nc(N3CCOCC3)n2)cc1. The Labute approximate surface area is 147 Å². The highest BCUT2D eigenvalue weighted by atomic mass is 16.5. The number of ether oxygens (including phenoxy) is 1. The van der Waals surface area contributed by atoms with Gasteiger partial charge in [0.15, 0.2) is 0 Å². The van der Waals surface area contributed by atoms with E-state index >= 15 is 0 Å². The van der Waals surface area contributed by atoms with E-state index < -0.39 is 0 Å². The van der Waals surface area contributed by atoms with E-state index in [0.29, 0.717) is 19.2 Å². The summed E-state index contributed by atoms with van der Waals surface area (Å²) in [6.45, 7) is 7.08. The molecule has 2 saturated heterocycles. The molecular weight excluding hydrogens is 318 g/mol. The first-order valence-corrected chi connectivity index (χ1v) is 8.86. The lowest BCUT2D eigenvalue weighted by molar-refractivity contribution is -0.655. The number of nitrogens with zero attached hydrogens (tertiary/aromatic N) is 5. The number of aromatic nitrogens is 3. The Morgan fingerprint density at radius 2 is 1.48 bits per heavy atom. The highest BCUT2D eigenvalue weighted by Gasteiger charge is 2.21. The minimum Gasteiger partial charge on any atom is -0.378 e. The molecule has 0 spiro atoms. The van der Waals surface area contributed by atoms with Crippen LogP contribution in [0.4, 0.5) is 23.5 Å². The zero-order valence-electron chi connectivity index (χ0n) is 14.3. The quantitative estimate of drug-likeness (QED) is 0.798. The molecule has 8 heteroatoms. The van der Waals surface area contributed by atoms with Gasteiger partial charge in [-0.15, -0.1) is 0 Å². The zero-order chi connectivity index (χ0) is 16.9. The molecule has 132 valence electrons. The van der Waals surface area contributed by atoms with Crippen molar-refractivity contribution >= 4 is 23.5 Å². The molecule has 1 aromatic heterocycles. The molecule has 0 aliphatic carbocycles. The Morgan fingerprint density at radius 3 is 2.16 bits per heavy atom. The molecule has 8 nitrogen and oxygen atoms in total. The maximum Gasteiger partial charge on any atom is 0.233 e. The third kappa shape index (κ3) is 3.97. The van der Waals surface area contributed by atoms with Gasteiger partial charge >= 0.3 is 0 Å². The smallest absolute Gasteiger partial charge is 0.233 e. The van der Waals surface area contributed by atoms with Gasteiger partial charge in [0.25, 0.3) is 0 Å². The van der Waals surface area contributed by atoms with Crippen LogP contribution >= 0.6 is 0 Å². The summed E-state index contributed by atoms with van der Waals surface area (Å²) >= 11 is 0. The van der Waals surface area contributed by atoms with Gasteiger partial charge in [-0.3, -0.25) is 0 Å².